The number of sulfonamides is 1. The summed E-state index contributed by atoms with van der Waals surface area (Å²) in [6.45, 7) is 0.299. The first-order valence-corrected chi connectivity index (χ1v) is 6.91. The molecule has 5 nitrogen and oxygen atoms in total. The predicted molar refractivity (Wildman–Crippen MR) is 62.3 cm³/mol. The van der Waals surface area contributed by atoms with Gasteiger partial charge in [0.2, 0.25) is 10.0 Å². The van der Waals surface area contributed by atoms with Crippen LogP contribution in [0.15, 0.2) is 23.1 Å². The number of β-amino-alcohol motifs (C(OH)–C–C–N with tert-alkyl or cyclic N) is 1. The van der Waals surface area contributed by atoms with E-state index in [1.165, 1.54) is 19.2 Å². The molecule has 100 valence electrons. The normalized spacial score (nSPS) is 21.2. The van der Waals surface area contributed by atoms with Gasteiger partial charge in [-0.25, -0.2) is 12.8 Å². The Hall–Kier alpha value is -1.18. The second-order valence-electron chi connectivity index (χ2n) is 4.10. The zero-order chi connectivity index (χ0) is 13.3. The van der Waals surface area contributed by atoms with Gasteiger partial charge in [0.05, 0.1) is 18.1 Å². The molecule has 1 fully saturated rings. The van der Waals surface area contributed by atoms with Crippen LogP contribution in [0.1, 0.15) is 6.42 Å². The highest BCUT2D eigenvalue weighted by Gasteiger charge is 2.32. The smallest absolute Gasteiger partial charge is 0.243 e. The Labute approximate surface area is 105 Å². The minimum atomic E-state index is -3.74. The van der Waals surface area contributed by atoms with E-state index in [0.29, 0.717) is 6.42 Å². The Bertz CT molecular complexity index is 546. The molecule has 0 aromatic heterocycles. The lowest BCUT2D eigenvalue weighted by atomic mass is 10.3. The number of methoxy groups -OCH3 is 1. The van der Waals surface area contributed by atoms with Gasteiger partial charge in [-0.1, -0.05) is 0 Å². The Kier molecular flexibility index (Phi) is 3.56. The third kappa shape index (κ3) is 2.33. The number of hydrogen-bond donors (Lipinski definition) is 1. The summed E-state index contributed by atoms with van der Waals surface area (Å²) in [6, 6.07) is 3.50. The van der Waals surface area contributed by atoms with Gasteiger partial charge in [0.25, 0.3) is 0 Å². The lowest BCUT2D eigenvalue weighted by molar-refractivity contribution is 0.189. The van der Waals surface area contributed by atoms with Crippen LogP contribution in [0.3, 0.4) is 0 Å². The van der Waals surface area contributed by atoms with Crippen LogP contribution in [0.4, 0.5) is 4.39 Å². The van der Waals surface area contributed by atoms with E-state index in [1.807, 2.05) is 0 Å². The van der Waals surface area contributed by atoms with Gasteiger partial charge in [-0.05, 0) is 24.6 Å². The van der Waals surface area contributed by atoms with Crippen molar-refractivity contribution in [1.82, 2.24) is 4.31 Å². The fraction of sp³-hybridized carbons (Fsp3) is 0.455. The van der Waals surface area contributed by atoms with Crippen LogP contribution in [0.25, 0.3) is 0 Å². The first-order valence-electron chi connectivity index (χ1n) is 5.47. The van der Waals surface area contributed by atoms with Gasteiger partial charge in [0, 0.05) is 13.1 Å². The van der Waals surface area contributed by atoms with Crippen LogP contribution >= 0.6 is 0 Å². The maximum absolute atomic E-state index is 13.5. The molecule has 1 saturated heterocycles. The van der Waals surface area contributed by atoms with E-state index in [9.17, 15) is 17.9 Å². The quantitative estimate of drug-likeness (QED) is 0.876. The van der Waals surface area contributed by atoms with Crippen molar-refractivity contribution in [2.45, 2.75) is 17.4 Å². The fourth-order valence-electron chi connectivity index (χ4n) is 1.89. The number of rotatable bonds is 3. The minimum Gasteiger partial charge on any atom is -0.494 e. The van der Waals surface area contributed by atoms with E-state index in [1.54, 1.807) is 0 Å². The largest absolute Gasteiger partial charge is 0.494 e. The van der Waals surface area contributed by atoms with E-state index >= 15 is 0 Å². The van der Waals surface area contributed by atoms with Crippen LogP contribution in [0, 0.1) is 5.82 Å². The second-order valence-corrected chi connectivity index (χ2v) is 6.04. The lowest BCUT2D eigenvalue weighted by Crippen LogP contribution is -2.29. The summed E-state index contributed by atoms with van der Waals surface area (Å²) in [6.07, 6.45) is -0.249. The number of halogens is 1. The zero-order valence-corrected chi connectivity index (χ0v) is 10.7. The Morgan fingerprint density at radius 3 is 2.72 bits per heavy atom. The summed E-state index contributed by atoms with van der Waals surface area (Å²) in [4.78, 5) is -0.130. The average Bonchev–Trinajstić information content (AvgIpc) is 2.76. The summed E-state index contributed by atoms with van der Waals surface area (Å²) in [5.41, 5.74) is 0. The van der Waals surface area contributed by atoms with Crippen LogP contribution in [0.2, 0.25) is 0 Å². The molecule has 1 aliphatic heterocycles. The molecule has 1 aromatic rings. The van der Waals surface area contributed by atoms with Crippen molar-refractivity contribution in [3.05, 3.63) is 24.0 Å². The standard InChI is InChI=1S/C11H14FNO4S/c1-17-11-3-2-9(6-10(11)12)18(15,16)13-5-4-8(14)7-13/h2-3,6,8,14H,4-5,7H2,1H3. The number of nitrogens with zero attached hydrogens (tertiary/aromatic N) is 1. The molecule has 0 saturated carbocycles. The van der Waals surface area contributed by atoms with Gasteiger partial charge in [0.15, 0.2) is 11.6 Å². The van der Waals surface area contributed by atoms with Crippen molar-refractivity contribution in [3.8, 4) is 5.75 Å². The van der Waals surface area contributed by atoms with Crippen LogP contribution in [-0.2, 0) is 10.0 Å². The molecule has 1 atom stereocenters. The topological polar surface area (TPSA) is 66.8 Å². The maximum atomic E-state index is 13.5. The van der Waals surface area contributed by atoms with Crippen LogP contribution in [-0.4, -0.2) is 44.1 Å². The van der Waals surface area contributed by atoms with Gasteiger partial charge < -0.3 is 9.84 Å². The van der Waals surface area contributed by atoms with E-state index in [-0.39, 0.29) is 23.7 Å². The van der Waals surface area contributed by atoms with Gasteiger partial charge in [-0.3, -0.25) is 0 Å². The van der Waals surface area contributed by atoms with Crippen molar-refractivity contribution in [3.63, 3.8) is 0 Å². The maximum Gasteiger partial charge on any atom is 0.243 e. The van der Waals surface area contributed by atoms with Crippen molar-refractivity contribution in [2.24, 2.45) is 0 Å². The molecule has 0 bridgehead atoms. The monoisotopic (exact) mass is 275 g/mol. The summed E-state index contributed by atoms with van der Waals surface area (Å²) in [5, 5.41) is 9.35. The highest BCUT2D eigenvalue weighted by molar-refractivity contribution is 7.89. The summed E-state index contributed by atoms with van der Waals surface area (Å²) in [5.74, 6) is -0.728. The molecule has 0 aliphatic carbocycles. The first kappa shape index (κ1) is 13.3. The van der Waals surface area contributed by atoms with E-state index in [2.05, 4.69) is 0 Å². The summed E-state index contributed by atoms with van der Waals surface area (Å²) >= 11 is 0. The molecule has 1 heterocycles. The van der Waals surface area contributed by atoms with Gasteiger partial charge in [0.1, 0.15) is 0 Å². The number of hydrogen-bond acceptors (Lipinski definition) is 4. The summed E-state index contributed by atoms with van der Waals surface area (Å²) in [7, 11) is -2.43. The minimum absolute atomic E-state index is 0.00425. The van der Waals surface area contributed by atoms with Gasteiger partial charge >= 0.3 is 0 Å². The van der Waals surface area contributed by atoms with Crippen molar-refractivity contribution in [2.75, 3.05) is 20.2 Å². The van der Waals surface area contributed by atoms with Gasteiger partial charge in [-0.15, -0.1) is 0 Å². The molecule has 1 aliphatic rings. The molecule has 1 N–H and O–H groups in total. The van der Waals surface area contributed by atoms with Gasteiger partial charge in [-0.2, -0.15) is 4.31 Å². The highest BCUT2D eigenvalue weighted by Crippen LogP contribution is 2.25. The molecule has 0 amide bonds. The highest BCUT2D eigenvalue weighted by atomic mass is 32.2. The Morgan fingerprint density at radius 1 is 1.50 bits per heavy atom. The van der Waals surface area contributed by atoms with Crippen molar-refractivity contribution < 1.29 is 22.7 Å². The molecular formula is C11H14FNO4S. The third-order valence-electron chi connectivity index (χ3n) is 2.89. The summed E-state index contributed by atoms with van der Waals surface area (Å²) < 4.78 is 43.6. The van der Waals surface area contributed by atoms with Crippen LogP contribution < -0.4 is 4.74 Å². The van der Waals surface area contributed by atoms with E-state index in [0.717, 1.165) is 10.4 Å². The molecule has 1 aromatic carbocycles. The molecule has 0 radical (unpaired) electrons. The van der Waals surface area contributed by atoms with Crippen molar-refractivity contribution in [1.29, 1.82) is 0 Å². The number of aliphatic hydroxyl groups excluding tert-OH is 1. The number of ether oxygens (including phenoxy) is 1. The number of benzene rings is 1. The average molecular weight is 275 g/mol. The second kappa shape index (κ2) is 4.83. The molecular weight excluding hydrogens is 261 g/mol. The van der Waals surface area contributed by atoms with Crippen molar-refractivity contribution >= 4 is 10.0 Å². The molecule has 1 unspecified atom stereocenters. The fourth-order valence-corrected chi connectivity index (χ4v) is 3.39. The number of aliphatic hydroxyl groups is 1. The molecule has 0 spiro atoms. The molecule has 2 rings (SSSR count). The Balaban J connectivity index is 2.33. The zero-order valence-electron chi connectivity index (χ0n) is 9.84. The lowest BCUT2D eigenvalue weighted by Gasteiger charge is -2.16. The van der Waals surface area contributed by atoms with E-state index < -0.39 is 21.9 Å². The van der Waals surface area contributed by atoms with E-state index in [4.69, 9.17) is 4.74 Å². The molecule has 7 heteroatoms. The SMILES string of the molecule is COc1ccc(S(=O)(=O)N2CCC(O)C2)cc1F. The Morgan fingerprint density at radius 2 is 2.22 bits per heavy atom. The molecule has 18 heavy (non-hydrogen) atoms. The third-order valence-corrected chi connectivity index (χ3v) is 4.75. The first-order chi connectivity index (χ1) is 8.45. The predicted octanol–water partition coefficient (Wildman–Crippen LogP) is 0.590. The van der Waals surface area contributed by atoms with Crippen LogP contribution in [0.5, 0.6) is 5.75 Å².